The highest BCUT2D eigenvalue weighted by molar-refractivity contribution is 6.11. The molecule has 4 aromatic heterocycles. The van der Waals surface area contributed by atoms with Crippen LogP contribution in [0.2, 0.25) is 0 Å². The first-order valence-electron chi connectivity index (χ1n) is 21.6. The van der Waals surface area contributed by atoms with Crippen LogP contribution in [-0.4, -0.2) is 18.3 Å². The molecule has 13 rings (SSSR count). The van der Waals surface area contributed by atoms with Gasteiger partial charge in [0.15, 0.2) is 10.9 Å². The lowest BCUT2D eigenvalue weighted by molar-refractivity contribution is 0.994. The second kappa shape index (κ2) is 13.5. The Hall–Kier alpha value is -8.48. The van der Waals surface area contributed by atoms with Gasteiger partial charge in [-0.15, -0.1) is 0 Å². The van der Waals surface area contributed by atoms with Crippen LogP contribution in [0.4, 0.5) is 0 Å². The van der Waals surface area contributed by atoms with Gasteiger partial charge in [0.25, 0.3) is 0 Å². The highest BCUT2D eigenvalue weighted by Crippen LogP contribution is 2.37. The summed E-state index contributed by atoms with van der Waals surface area (Å²) in [7, 11) is 4.00. The average Bonchev–Trinajstić information content (AvgIpc) is 3.87. The Balaban J connectivity index is 0.943. The summed E-state index contributed by atoms with van der Waals surface area (Å²) < 4.78 is 8.78. The molecule has 13 aromatic rings. The summed E-state index contributed by atoms with van der Waals surface area (Å²) in [5, 5.41) is 7.28. The van der Waals surface area contributed by atoms with Crippen molar-refractivity contribution in [1.29, 1.82) is 0 Å². The van der Waals surface area contributed by atoms with Crippen molar-refractivity contribution >= 4 is 87.2 Å². The molecule has 0 aliphatic carbocycles. The number of benzene rings is 9. The summed E-state index contributed by atoms with van der Waals surface area (Å²) in [6, 6.07) is 67.0. The first-order chi connectivity index (χ1) is 31.4. The highest BCUT2D eigenvalue weighted by atomic mass is 16.1. The van der Waals surface area contributed by atoms with Crippen molar-refractivity contribution in [1.82, 2.24) is 18.3 Å². The van der Waals surface area contributed by atoms with Crippen molar-refractivity contribution in [3.05, 3.63) is 215 Å². The minimum absolute atomic E-state index is 0.0600. The van der Waals surface area contributed by atoms with Crippen LogP contribution in [0.3, 0.4) is 0 Å². The predicted octanol–water partition coefficient (Wildman–Crippen LogP) is 13.2. The maximum atomic E-state index is 14.7. The van der Waals surface area contributed by atoms with Gasteiger partial charge in [-0.05, 0) is 83.9 Å². The lowest BCUT2D eigenvalue weighted by atomic mass is 9.97. The second-order valence-electron chi connectivity index (χ2n) is 16.9. The molecule has 9 aromatic carbocycles. The van der Waals surface area contributed by atoms with E-state index in [2.05, 4.69) is 176 Å². The average molecular weight is 823 g/mol. The van der Waals surface area contributed by atoms with Gasteiger partial charge in [0.2, 0.25) is 0 Å². The normalized spacial score (nSPS) is 12.0. The first-order valence-corrected chi connectivity index (χ1v) is 21.6. The van der Waals surface area contributed by atoms with Crippen LogP contribution < -0.4 is 10.9 Å². The summed E-state index contributed by atoms with van der Waals surface area (Å²) in [5.41, 5.74) is 13.6. The zero-order valence-corrected chi connectivity index (χ0v) is 35.1. The third-order valence-electron chi connectivity index (χ3n) is 13.6. The van der Waals surface area contributed by atoms with Gasteiger partial charge in [0.1, 0.15) is 0 Å². The molecule has 0 N–H and O–H groups in total. The van der Waals surface area contributed by atoms with Crippen molar-refractivity contribution in [2.24, 2.45) is 14.1 Å². The van der Waals surface area contributed by atoms with E-state index in [0.717, 1.165) is 66.7 Å². The number of fused-ring (bicyclic) bond motifs is 10. The molecule has 4 heterocycles. The maximum Gasteiger partial charge on any atom is 0.197 e. The molecule has 6 heteroatoms. The fourth-order valence-corrected chi connectivity index (χ4v) is 10.7. The van der Waals surface area contributed by atoms with Gasteiger partial charge in [0.05, 0.1) is 44.1 Å². The van der Waals surface area contributed by atoms with Crippen LogP contribution >= 0.6 is 0 Å². The van der Waals surface area contributed by atoms with Crippen LogP contribution in [0.1, 0.15) is 0 Å². The van der Waals surface area contributed by atoms with Crippen LogP contribution in [0.25, 0.3) is 121 Å². The number of aromatic nitrogens is 4. The molecule has 0 aliphatic rings. The molecule has 0 saturated heterocycles. The molecule has 6 nitrogen and oxygen atoms in total. The van der Waals surface area contributed by atoms with Gasteiger partial charge in [-0.1, -0.05) is 121 Å². The van der Waals surface area contributed by atoms with Crippen LogP contribution in [-0.2, 0) is 14.1 Å². The standard InChI is InChI=1S/C58H38N4O2/c1-59-53-33-48-54(60(2)56-40(18-12-20-46(56)58(48)64)36-27-31-38(32-28-36)62-51-23-9-5-15-43(51)44-16-6-10-24-52(44)62)34-47(53)57(63)45-19-11-17-39(55(45)59)35-25-29-37(30-26-35)61-49-21-7-3-13-41(49)42-14-4-8-22-50(42)61/h3-34H,1-2H3. The van der Waals surface area contributed by atoms with Crippen molar-refractivity contribution in [2.45, 2.75) is 0 Å². The van der Waals surface area contributed by atoms with E-state index < -0.39 is 0 Å². The minimum Gasteiger partial charge on any atom is -0.343 e. The second-order valence-corrected chi connectivity index (χ2v) is 16.9. The van der Waals surface area contributed by atoms with Crippen LogP contribution in [0.5, 0.6) is 0 Å². The quantitative estimate of drug-likeness (QED) is 0.166. The van der Waals surface area contributed by atoms with E-state index in [-0.39, 0.29) is 10.9 Å². The van der Waals surface area contributed by atoms with Gasteiger partial charge >= 0.3 is 0 Å². The number of rotatable bonds is 4. The Bertz CT molecular complexity index is 3860. The molecule has 0 radical (unpaired) electrons. The molecule has 0 saturated carbocycles. The summed E-state index contributed by atoms with van der Waals surface area (Å²) in [4.78, 5) is 29.3. The molecule has 64 heavy (non-hydrogen) atoms. The van der Waals surface area contributed by atoms with E-state index in [1.807, 2.05) is 50.5 Å². The van der Waals surface area contributed by atoms with E-state index in [0.29, 0.717) is 32.6 Å². The van der Waals surface area contributed by atoms with Crippen LogP contribution in [0, 0.1) is 0 Å². The molecule has 0 atom stereocenters. The summed E-state index contributed by atoms with van der Waals surface area (Å²) >= 11 is 0. The van der Waals surface area contributed by atoms with E-state index in [4.69, 9.17) is 0 Å². The monoisotopic (exact) mass is 822 g/mol. The summed E-state index contributed by atoms with van der Waals surface area (Å²) in [6.45, 7) is 0. The Morgan fingerprint density at radius 3 is 0.953 bits per heavy atom. The number of pyridine rings is 2. The molecular weight excluding hydrogens is 785 g/mol. The van der Waals surface area contributed by atoms with Gasteiger partial charge in [-0.2, -0.15) is 0 Å². The topological polar surface area (TPSA) is 53.9 Å². The summed E-state index contributed by atoms with van der Waals surface area (Å²) in [6.07, 6.45) is 0. The lowest BCUT2D eigenvalue weighted by Crippen LogP contribution is -2.14. The third kappa shape index (κ3) is 5.02. The lowest BCUT2D eigenvalue weighted by Gasteiger charge is -2.18. The van der Waals surface area contributed by atoms with Crippen molar-refractivity contribution in [3.63, 3.8) is 0 Å². The Kier molecular flexibility index (Phi) is 7.64. The fraction of sp³-hybridized carbons (Fsp3) is 0.0345. The number of aryl methyl sites for hydroxylation is 2. The van der Waals surface area contributed by atoms with Gasteiger partial charge in [-0.3, -0.25) is 9.59 Å². The zero-order valence-electron chi connectivity index (χ0n) is 35.1. The number of nitrogens with zero attached hydrogens (tertiary/aromatic N) is 4. The minimum atomic E-state index is -0.0600. The molecule has 0 spiro atoms. The highest BCUT2D eigenvalue weighted by Gasteiger charge is 2.20. The fourth-order valence-electron chi connectivity index (χ4n) is 10.7. The molecule has 0 unspecified atom stereocenters. The largest absolute Gasteiger partial charge is 0.343 e. The van der Waals surface area contributed by atoms with Crippen molar-refractivity contribution in [3.8, 4) is 33.6 Å². The van der Waals surface area contributed by atoms with Crippen molar-refractivity contribution < 1.29 is 0 Å². The number of para-hydroxylation sites is 6. The molecule has 302 valence electrons. The number of hydrogen-bond donors (Lipinski definition) is 0. The Morgan fingerprint density at radius 1 is 0.297 bits per heavy atom. The number of hydrogen-bond acceptors (Lipinski definition) is 2. The van der Waals surface area contributed by atoms with Gasteiger partial charge in [-0.25, -0.2) is 0 Å². The molecule has 0 fully saturated rings. The van der Waals surface area contributed by atoms with E-state index >= 15 is 0 Å². The molecule has 0 aliphatic heterocycles. The molecule has 0 bridgehead atoms. The van der Waals surface area contributed by atoms with E-state index in [1.54, 1.807) is 0 Å². The van der Waals surface area contributed by atoms with Crippen LogP contribution in [0.15, 0.2) is 204 Å². The first kappa shape index (κ1) is 36.2. The SMILES string of the molecule is Cn1c2cc3c(=O)c4cccc(-c5ccc(-n6c7ccccc7c7ccccc76)cc5)c4n(C)c3cc2c(=O)c2cccc(-c3ccc(-n4c5ccccc5c5ccccc54)cc3)c21. The predicted molar refractivity (Wildman–Crippen MR) is 266 cm³/mol. The third-order valence-corrected chi connectivity index (χ3v) is 13.6. The smallest absolute Gasteiger partial charge is 0.197 e. The molecular formula is C58H38N4O2. The van der Waals surface area contributed by atoms with Gasteiger partial charge < -0.3 is 18.3 Å². The summed E-state index contributed by atoms with van der Waals surface area (Å²) in [5.74, 6) is 0. The maximum absolute atomic E-state index is 14.7. The zero-order chi connectivity index (χ0) is 42.8. The van der Waals surface area contributed by atoms with E-state index in [9.17, 15) is 9.59 Å². The van der Waals surface area contributed by atoms with E-state index in [1.165, 1.54) is 21.5 Å². The van der Waals surface area contributed by atoms with Crippen molar-refractivity contribution in [2.75, 3.05) is 0 Å². The Labute approximate surface area is 366 Å². The Morgan fingerprint density at radius 2 is 0.609 bits per heavy atom. The molecule has 0 amide bonds. The van der Waals surface area contributed by atoms with Gasteiger partial charge in [0, 0.05) is 79.7 Å².